The Morgan fingerprint density at radius 2 is 0.886 bits per heavy atom. The van der Waals surface area contributed by atoms with Crippen LogP contribution in [0.15, 0.2) is 78.9 Å². The molecular weight excluding hydrogens is 446 g/mol. The minimum absolute atomic E-state index is 0.119. The molecule has 0 fully saturated rings. The quantitative estimate of drug-likeness (QED) is 0.230. The number of carbonyl (C=O) groups excluding carboxylic acids is 4. The third-order valence-electron chi connectivity index (χ3n) is 6.03. The number of aromatic hydroxyl groups is 2. The highest BCUT2D eigenvalue weighted by atomic mass is 16.3. The Hall–Kier alpha value is -5.04. The highest BCUT2D eigenvalue weighted by Gasteiger charge is 2.33. The van der Waals surface area contributed by atoms with Crippen LogP contribution in [0.25, 0.3) is 0 Å². The second kappa shape index (κ2) is 8.07. The van der Waals surface area contributed by atoms with E-state index >= 15 is 0 Å². The summed E-state index contributed by atoms with van der Waals surface area (Å²) in [7, 11) is 0. The molecule has 2 aliphatic carbocycles. The fourth-order valence-electron chi connectivity index (χ4n) is 4.33. The molecule has 0 aromatic heterocycles. The molecule has 4 aromatic rings. The van der Waals surface area contributed by atoms with E-state index in [-0.39, 0.29) is 34.0 Å². The lowest BCUT2D eigenvalue weighted by Gasteiger charge is -2.18. The summed E-state index contributed by atoms with van der Waals surface area (Å²) in [5.74, 6) is -2.03. The molecule has 0 amide bonds. The van der Waals surface area contributed by atoms with Crippen molar-refractivity contribution in [3.8, 4) is 11.5 Å². The number of nitrogen functional groups attached to an aromatic ring is 1. The van der Waals surface area contributed by atoms with Crippen molar-refractivity contribution in [2.75, 3.05) is 5.73 Å². The van der Waals surface area contributed by atoms with Crippen LogP contribution in [-0.4, -0.2) is 33.3 Å². The van der Waals surface area contributed by atoms with Crippen LogP contribution in [0.1, 0.15) is 63.7 Å². The van der Waals surface area contributed by atoms with E-state index in [9.17, 15) is 29.4 Å². The lowest BCUT2D eigenvalue weighted by Crippen LogP contribution is -2.22. The maximum atomic E-state index is 12.2. The normalized spacial score (nSPS) is 13.1. The molecule has 7 nitrogen and oxygen atoms in total. The highest BCUT2D eigenvalue weighted by molar-refractivity contribution is 6.30. The maximum Gasteiger partial charge on any atom is 0.198 e. The second-order valence-corrected chi connectivity index (χ2v) is 8.03. The van der Waals surface area contributed by atoms with Gasteiger partial charge in [0.2, 0.25) is 0 Å². The molecule has 4 aromatic carbocycles. The molecule has 6 rings (SSSR count). The second-order valence-electron chi connectivity index (χ2n) is 8.03. The van der Waals surface area contributed by atoms with Crippen molar-refractivity contribution in [2.45, 2.75) is 0 Å². The van der Waals surface area contributed by atoms with E-state index in [0.29, 0.717) is 33.5 Å². The summed E-state index contributed by atoms with van der Waals surface area (Å²) in [6.45, 7) is 0. The first-order chi connectivity index (χ1) is 16.8. The highest BCUT2D eigenvalue weighted by Crippen LogP contribution is 2.37. The molecule has 0 unspecified atom stereocenters. The van der Waals surface area contributed by atoms with Crippen LogP contribution in [0.4, 0.5) is 5.69 Å². The number of anilines is 1. The largest absolute Gasteiger partial charge is 0.504 e. The number of phenolic OH excluding ortho intramolecular Hbond substituents is 2. The van der Waals surface area contributed by atoms with Gasteiger partial charge in [-0.05, 0) is 18.2 Å². The van der Waals surface area contributed by atoms with Gasteiger partial charge in [0.05, 0.1) is 11.1 Å². The Labute approximate surface area is 199 Å². The van der Waals surface area contributed by atoms with E-state index in [1.54, 1.807) is 60.7 Å². The molecule has 0 heterocycles. The van der Waals surface area contributed by atoms with Crippen molar-refractivity contribution in [1.82, 2.24) is 0 Å². The van der Waals surface area contributed by atoms with E-state index in [4.69, 9.17) is 5.73 Å². The Balaban J connectivity index is 0.000000145. The van der Waals surface area contributed by atoms with E-state index in [2.05, 4.69) is 0 Å². The Morgan fingerprint density at radius 1 is 0.457 bits per heavy atom. The van der Waals surface area contributed by atoms with E-state index < -0.39 is 17.3 Å². The molecule has 2 aliphatic rings. The zero-order chi connectivity index (χ0) is 24.9. The lowest BCUT2D eigenvalue weighted by atomic mass is 9.83. The van der Waals surface area contributed by atoms with E-state index in [1.807, 2.05) is 0 Å². The monoisotopic (exact) mass is 463 g/mol. The Bertz CT molecular complexity index is 1600. The summed E-state index contributed by atoms with van der Waals surface area (Å²) < 4.78 is 0. The fraction of sp³-hybridized carbons (Fsp3) is 0. The number of phenols is 2. The van der Waals surface area contributed by atoms with Gasteiger partial charge in [-0.25, -0.2) is 0 Å². The van der Waals surface area contributed by atoms with Gasteiger partial charge in [-0.1, -0.05) is 60.7 Å². The summed E-state index contributed by atoms with van der Waals surface area (Å²) >= 11 is 0. The number of carbonyl (C=O) groups is 4. The molecule has 4 N–H and O–H groups in total. The molecule has 0 saturated carbocycles. The van der Waals surface area contributed by atoms with Gasteiger partial charge in [0.25, 0.3) is 0 Å². The van der Waals surface area contributed by atoms with Crippen molar-refractivity contribution >= 4 is 28.8 Å². The van der Waals surface area contributed by atoms with Crippen LogP contribution in [0.2, 0.25) is 0 Å². The predicted octanol–water partition coefficient (Wildman–Crippen LogP) is 3.92. The molecular formula is C28H17NO6. The first-order valence-corrected chi connectivity index (χ1v) is 10.6. The molecule has 170 valence electrons. The minimum Gasteiger partial charge on any atom is -0.504 e. The van der Waals surface area contributed by atoms with Gasteiger partial charge in [0.15, 0.2) is 34.6 Å². The standard InChI is InChI=1S/C14H9NO2.C14H8O4/c15-11-7-3-6-10-12(11)14(17)9-5-2-1-4-8(9)13(10)16;15-10-6-5-9-11(14(10)18)13(17)8-4-2-1-3-7(8)12(9)16/h1-7H,15H2;1-6,15,18H. The SMILES string of the molecule is Nc1cccc2c1C(=O)c1ccccc1C2=O.O=C1c2ccccc2C(=O)c2c1ccc(O)c2O. The number of nitrogens with two attached hydrogens (primary N) is 1. The summed E-state index contributed by atoms with van der Waals surface area (Å²) in [4.78, 5) is 48.8. The van der Waals surface area contributed by atoms with Crippen molar-refractivity contribution in [3.05, 3.63) is 123 Å². The smallest absolute Gasteiger partial charge is 0.198 e. The van der Waals surface area contributed by atoms with Crippen LogP contribution in [0.5, 0.6) is 11.5 Å². The first kappa shape index (κ1) is 21.8. The molecule has 7 heteroatoms. The van der Waals surface area contributed by atoms with Crippen LogP contribution in [-0.2, 0) is 0 Å². The average Bonchev–Trinajstić information content (AvgIpc) is 2.88. The average molecular weight is 463 g/mol. The van der Waals surface area contributed by atoms with Gasteiger partial charge in [0, 0.05) is 39.1 Å². The van der Waals surface area contributed by atoms with Crippen molar-refractivity contribution in [2.24, 2.45) is 0 Å². The first-order valence-electron chi connectivity index (χ1n) is 10.6. The molecule has 0 radical (unpaired) electrons. The maximum absolute atomic E-state index is 12.2. The number of rotatable bonds is 0. The molecule has 0 atom stereocenters. The number of benzene rings is 4. The molecule has 0 spiro atoms. The van der Waals surface area contributed by atoms with Gasteiger partial charge in [0.1, 0.15) is 0 Å². The summed E-state index contributed by atoms with van der Waals surface area (Å²) in [6, 6.07) is 20.8. The van der Waals surface area contributed by atoms with Crippen molar-refractivity contribution in [3.63, 3.8) is 0 Å². The molecule has 0 aliphatic heterocycles. The summed E-state index contributed by atoms with van der Waals surface area (Å²) in [5, 5.41) is 19.1. The van der Waals surface area contributed by atoms with E-state index in [0.717, 1.165) is 0 Å². The van der Waals surface area contributed by atoms with Crippen molar-refractivity contribution < 1.29 is 29.4 Å². The van der Waals surface area contributed by atoms with Crippen LogP contribution in [0.3, 0.4) is 0 Å². The van der Waals surface area contributed by atoms with Gasteiger partial charge >= 0.3 is 0 Å². The molecule has 0 saturated heterocycles. The summed E-state index contributed by atoms with van der Waals surface area (Å²) in [5.41, 5.74) is 8.31. The Morgan fingerprint density at radius 3 is 1.43 bits per heavy atom. The van der Waals surface area contributed by atoms with E-state index in [1.165, 1.54) is 18.2 Å². The van der Waals surface area contributed by atoms with Gasteiger partial charge in [-0.2, -0.15) is 0 Å². The Kier molecular flexibility index (Phi) is 5.02. The third-order valence-corrected chi connectivity index (χ3v) is 6.03. The summed E-state index contributed by atoms with van der Waals surface area (Å²) in [6.07, 6.45) is 0. The van der Waals surface area contributed by atoms with Gasteiger partial charge in [-0.15, -0.1) is 0 Å². The fourth-order valence-corrected chi connectivity index (χ4v) is 4.33. The van der Waals surface area contributed by atoms with Crippen LogP contribution < -0.4 is 5.73 Å². The zero-order valence-electron chi connectivity index (χ0n) is 18.1. The van der Waals surface area contributed by atoms with Gasteiger partial charge in [-0.3, -0.25) is 19.2 Å². The third kappa shape index (κ3) is 3.29. The number of hydrogen-bond acceptors (Lipinski definition) is 7. The predicted molar refractivity (Wildman–Crippen MR) is 127 cm³/mol. The molecule has 35 heavy (non-hydrogen) atoms. The molecule has 0 bridgehead atoms. The van der Waals surface area contributed by atoms with Crippen LogP contribution in [0, 0.1) is 0 Å². The topological polar surface area (TPSA) is 135 Å². The van der Waals surface area contributed by atoms with Crippen LogP contribution >= 0.6 is 0 Å². The van der Waals surface area contributed by atoms with Gasteiger partial charge < -0.3 is 15.9 Å². The number of hydrogen-bond donors (Lipinski definition) is 3. The lowest BCUT2D eigenvalue weighted by molar-refractivity contribution is 0.0976. The zero-order valence-corrected chi connectivity index (χ0v) is 18.1. The minimum atomic E-state index is -0.541. The number of fused-ring (bicyclic) bond motifs is 4. The number of ketones is 4. The van der Waals surface area contributed by atoms with Crippen molar-refractivity contribution in [1.29, 1.82) is 0 Å².